The van der Waals surface area contributed by atoms with E-state index in [1.807, 2.05) is 0 Å². The van der Waals surface area contributed by atoms with Crippen LogP contribution in [0.3, 0.4) is 0 Å². The molecule has 0 aliphatic carbocycles. The zero-order valence-electron chi connectivity index (χ0n) is 16.2. The average Bonchev–Trinajstić information content (AvgIpc) is 3.15. The van der Waals surface area contributed by atoms with Crippen LogP contribution in [-0.4, -0.2) is 69.7 Å². The fourth-order valence-corrected chi connectivity index (χ4v) is 4.29. The fraction of sp³-hybridized carbons (Fsp3) is 0.471. The number of esters is 1. The van der Waals surface area contributed by atoms with E-state index in [-0.39, 0.29) is 36.7 Å². The van der Waals surface area contributed by atoms with Gasteiger partial charge in [0.05, 0.1) is 29.3 Å². The Morgan fingerprint density at radius 3 is 2.42 bits per heavy atom. The number of ether oxygens (including phenoxy) is 1. The second kappa shape index (κ2) is 6.86. The van der Waals surface area contributed by atoms with Gasteiger partial charge in [-0.3, -0.25) is 10.8 Å². The maximum Gasteiger partial charge on any atom is 0.417 e. The van der Waals surface area contributed by atoms with E-state index in [4.69, 9.17) is 15.6 Å². The number of benzene rings is 1. The summed E-state index contributed by atoms with van der Waals surface area (Å²) in [5.74, 6) is -5.66. The summed E-state index contributed by atoms with van der Waals surface area (Å²) in [4.78, 5) is 13.6. The number of carbonyl (C=O) groups excluding carboxylic acids is 1. The number of aliphatic hydroxyl groups is 2. The molecular formula is C17H16F6N6O4. The first-order valence-corrected chi connectivity index (χ1v) is 9.26. The molecule has 0 saturated carbocycles. The Hall–Kier alpha value is -3.27. The molecule has 16 heteroatoms. The third kappa shape index (κ3) is 3.31. The molecule has 0 aromatic heterocycles. The molecule has 3 fully saturated rings. The lowest BCUT2D eigenvalue weighted by atomic mass is 9.90. The number of rotatable bonds is 2. The molecule has 3 saturated heterocycles. The Morgan fingerprint density at radius 2 is 1.82 bits per heavy atom. The highest BCUT2D eigenvalue weighted by Crippen LogP contribution is 2.43. The Morgan fingerprint density at radius 1 is 1.15 bits per heavy atom. The van der Waals surface area contributed by atoms with Gasteiger partial charge in [0.25, 0.3) is 0 Å². The van der Waals surface area contributed by atoms with E-state index in [0.29, 0.717) is 0 Å². The first-order valence-electron chi connectivity index (χ1n) is 9.26. The lowest BCUT2D eigenvalue weighted by Crippen LogP contribution is -2.78. The molecule has 3 atom stereocenters. The predicted octanol–water partition coefficient (Wildman–Crippen LogP) is -0.0235. The molecule has 33 heavy (non-hydrogen) atoms. The van der Waals surface area contributed by atoms with Gasteiger partial charge in [-0.2, -0.15) is 26.3 Å². The van der Waals surface area contributed by atoms with Crippen molar-refractivity contribution in [2.24, 2.45) is 0 Å². The van der Waals surface area contributed by atoms with Gasteiger partial charge in [-0.15, -0.1) is 0 Å². The number of hydrogen-bond acceptors (Lipinski definition) is 6. The van der Waals surface area contributed by atoms with Gasteiger partial charge in [0, 0.05) is 6.54 Å². The van der Waals surface area contributed by atoms with Crippen molar-refractivity contribution in [1.82, 2.24) is 20.9 Å². The van der Waals surface area contributed by atoms with Crippen LogP contribution in [0, 0.1) is 10.8 Å². The van der Waals surface area contributed by atoms with Crippen molar-refractivity contribution in [3.63, 3.8) is 0 Å². The van der Waals surface area contributed by atoms with Gasteiger partial charge >= 0.3 is 18.3 Å². The predicted molar refractivity (Wildman–Crippen MR) is 95.8 cm³/mol. The largest absolute Gasteiger partial charge is 0.451 e. The summed E-state index contributed by atoms with van der Waals surface area (Å²) in [5.41, 5.74) is -6.71. The zero-order valence-corrected chi connectivity index (χ0v) is 16.2. The summed E-state index contributed by atoms with van der Waals surface area (Å²) in [6.45, 7) is -0.691. The second-order valence-corrected chi connectivity index (χ2v) is 7.68. The van der Waals surface area contributed by atoms with E-state index in [2.05, 4.69) is 16.0 Å². The number of halogens is 6. The highest BCUT2D eigenvalue weighted by Gasteiger charge is 2.73. The number of alkyl halides is 6. The van der Waals surface area contributed by atoms with Gasteiger partial charge in [0.1, 0.15) is 0 Å². The first kappa shape index (κ1) is 22.9. The molecule has 1 aromatic carbocycles. The highest BCUT2D eigenvalue weighted by molar-refractivity contribution is 5.92. The van der Waals surface area contributed by atoms with Gasteiger partial charge in [-0.1, -0.05) is 0 Å². The number of hydrogen-bond donors (Lipinski definition) is 7. The molecule has 1 unspecified atom stereocenters. The monoisotopic (exact) mass is 482 g/mol. The van der Waals surface area contributed by atoms with Crippen molar-refractivity contribution in [3.8, 4) is 0 Å². The molecule has 180 valence electrons. The highest BCUT2D eigenvalue weighted by atomic mass is 19.4. The van der Waals surface area contributed by atoms with E-state index in [1.54, 1.807) is 0 Å². The number of nitrogens with one attached hydrogen (secondary N) is 5. The van der Waals surface area contributed by atoms with Crippen molar-refractivity contribution in [3.05, 3.63) is 34.9 Å². The molecule has 10 nitrogen and oxygen atoms in total. The summed E-state index contributed by atoms with van der Waals surface area (Å²) < 4.78 is 84.0. The maximum atomic E-state index is 13.3. The van der Waals surface area contributed by atoms with Crippen LogP contribution in [0.2, 0.25) is 0 Å². The number of nitrogens with zero attached hydrogens (tertiary/aromatic N) is 1. The smallest absolute Gasteiger partial charge is 0.417 e. The van der Waals surface area contributed by atoms with Crippen molar-refractivity contribution in [2.75, 3.05) is 13.1 Å². The standard InChI is InChI=1S/C17H16F6N6O4/c18-16(19,20)6-1-2-8(17(21,22)23)7(3-6)11(30)33-10-5-29-13(25)26-4-9-14(29,15(10,31)32)28-12(24)27-9/h1-3,9-10,31-32H,4-5H2,(H2,25,26)(H3,24,27,28)/t9?,10-,14+/m0/s1. The number of guanidine groups is 2. The molecule has 0 bridgehead atoms. The number of carbonyl (C=O) groups is 1. The Kier molecular flexibility index (Phi) is 4.77. The van der Waals surface area contributed by atoms with Crippen molar-refractivity contribution >= 4 is 17.9 Å². The summed E-state index contributed by atoms with van der Waals surface area (Å²) in [5, 5.41) is 45.1. The third-order valence-corrected chi connectivity index (χ3v) is 5.79. The fourth-order valence-electron chi connectivity index (χ4n) is 4.29. The quantitative estimate of drug-likeness (QED) is 0.176. The van der Waals surface area contributed by atoms with E-state index < -0.39 is 65.2 Å². The zero-order chi connectivity index (χ0) is 24.6. The van der Waals surface area contributed by atoms with Gasteiger partial charge < -0.3 is 35.8 Å². The van der Waals surface area contributed by atoms with Crippen LogP contribution >= 0.6 is 0 Å². The van der Waals surface area contributed by atoms with Crippen LogP contribution in [0.4, 0.5) is 26.3 Å². The van der Waals surface area contributed by atoms with Gasteiger partial charge in [-0.25, -0.2) is 4.79 Å². The van der Waals surface area contributed by atoms with Crippen LogP contribution < -0.4 is 16.0 Å². The lowest BCUT2D eigenvalue weighted by Gasteiger charge is -2.47. The Bertz CT molecular complexity index is 1040. The Balaban J connectivity index is 1.71. The summed E-state index contributed by atoms with van der Waals surface area (Å²) in [7, 11) is 0. The minimum absolute atomic E-state index is 0.0282. The molecule has 1 aromatic rings. The molecule has 3 aliphatic rings. The summed E-state index contributed by atoms with van der Waals surface area (Å²) in [6.07, 6.45) is -12.3. The topological polar surface area (TPSA) is 154 Å². The molecule has 0 radical (unpaired) electrons. The summed E-state index contributed by atoms with van der Waals surface area (Å²) >= 11 is 0. The Labute approximate surface area is 180 Å². The van der Waals surface area contributed by atoms with Crippen LogP contribution in [-0.2, 0) is 17.1 Å². The molecular weight excluding hydrogens is 466 g/mol. The molecule has 7 N–H and O–H groups in total. The summed E-state index contributed by atoms with van der Waals surface area (Å²) in [6, 6.07) is -0.731. The van der Waals surface area contributed by atoms with Gasteiger partial charge in [-0.05, 0) is 18.2 Å². The van der Waals surface area contributed by atoms with Crippen LogP contribution in [0.5, 0.6) is 0 Å². The van der Waals surface area contributed by atoms with Crippen LogP contribution in [0.15, 0.2) is 18.2 Å². The van der Waals surface area contributed by atoms with E-state index in [1.165, 1.54) is 0 Å². The average molecular weight is 482 g/mol. The molecule has 4 rings (SSSR count). The van der Waals surface area contributed by atoms with E-state index >= 15 is 0 Å². The van der Waals surface area contributed by atoms with E-state index in [0.717, 1.165) is 4.90 Å². The van der Waals surface area contributed by atoms with Gasteiger partial charge in [0.15, 0.2) is 23.7 Å². The molecule has 1 spiro atoms. The van der Waals surface area contributed by atoms with Crippen molar-refractivity contribution in [1.29, 1.82) is 10.8 Å². The minimum Gasteiger partial charge on any atom is -0.451 e. The van der Waals surface area contributed by atoms with Crippen molar-refractivity contribution < 1.29 is 46.1 Å². The maximum absolute atomic E-state index is 13.3. The molecule has 3 aliphatic heterocycles. The normalized spacial score (nSPS) is 28.4. The van der Waals surface area contributed by atoms with E-state index in [9.17, 15) is 41.4 Å². The first-order chi connectivity index (χ1) is 15.1. The van der Waals surface area contributed by atoms with Crippen LogP contribution in [0.25, 0.3) is 0 Å². The SMILES string of the molecule is N=C1NC2CNC(=N)N3C[C@H](OC(=O)c4cc(C(F)(F)F)ccc4C(F)(F)F)C(O)(O)[C@@]23N1. The minimum atomic E-state index is -5.21. The molecule has 0 amide bonds. The third-order valence-electron chi connectivity index (χ3n) is 5.79. The van der Waals surface area contributed by atoms with Gasteiger partial charge in [0.2, 0.25) is 5.79 Å². The van der Waals surface area contributed by atoms with Crippen molar-refractivity contribution in [2.45, 2.75) is 35.9 Å². The second-order valence-electron chi connectivity index (χ2n) is 7.68. The van der Waals surface area contributed by atoms with Crippen LogP contribution in [0.1, 0.15) is 21.5 Å². The lowest BCUT2D eigenvalue weighted by molar-refractivity contribution is -0.256. The molecule has 3 heterocycles.